The topological polar surface area (TPSA) is 58.2 Å². The summed E-state index contributed by atoms with van der Waals surface area (Å²) in [5.41, 5.74) is 2.21. The van der Waals surface area contributed by atoms with Crippen molar-refractivity contribution in [1.82, 2.24) is 5.32 Å². The molecule has 0 amide bonds. The Morgan fingerprint density at radius 3 is 2.52 bits per heavy atom. The van der Waals surface area contributed by atoms with Crippen molar-refractivity contribution in [1.29, 1.82) is 0 Å². The molecule has 2 unspecified atom stereocenters. The first-order valence-electron chi connectivity index (χ1n) is 7.35. The molecule has 2 saturated carbocycles. The quantitative estimate of drug-likeness (QED) is 0.890. The standard InChI is InChI=1S/C15H20N2O2S.ClH/c1-15(13-8-16-9-14(13)15)10-3-2-4-11(7-10)17-20(18,19)12-5-6-12;/h2-4,7,12-14,16-17H,5-6,8-9H2,1H3;1H. The van der Waals surface area contributed by atoms with E-state index in [0.717, 1.165) is 25.9 Å². The van der Waals surface area contributed by atoms with Crippen molar-refractivity contribution < 1.29 is 8.42 Å². The second-order valence-electron chi connectivity index (χ2n) is 6.58. The van der Waals surface area contributed by atoms with E-state index in [1.807, 2.05) is 18.2 Å². The number of nitrogens with one attached hydrogen (secondary N) is 2. The molecule has 1 heterocycles. The molecular formula is C15H21ClN2O2S. The van der Waals surface area contributed by atoms with Crippen molar-refractivity contribution in [2.75, 3.05) is 17.8 Å². The van der Waals surface area contributed by atoms with E-state index >= 15 is 0 Å². The summed E-state index contributed by atoms with van der Waals surface area (Å²) in [6, 6.07) is 7.97. The Morgan fingerprint density at radius 1 is 1.24 bits per heavy atom. The molecule has 4 rings (SSSR count). The fourth-order valence-corrected chi connectivity index (χ4v) is 5.15. The van der Waals surface area contributed by atoms with Crippen molar-refractivity contribution in [2.45, 2.75) is 30.4 Å². The minimum atomic E-state index is -3.16. The lowest BCUT2D eigenvalue weighted by atomic mass is 9.92. The predicted octanol–water partition coefficient (Wildman–Crippen LogP) is 2.12. The van der Waals surface area contributed by atoms with E-state index in [2.05, 4.69) is 23.0 Å². The van der Waals surface area contributed by atoms with Gasteiger partial charge in [-0.05, 0) is 55.5 Å². The summed E-state index contributed by atoms with van der Waals surface area (Å²) in [6.45, 7) is 4.47. The molecule has 2 N–H and O–H groups in total. The number of benzene rings is 1. The van der Waals surface area contributed by atoms with Gasteiger partial charge in [0.1, 0.15) is 0 Å². The third kappa shape index (κ3) is 2.35. The van der Waals surface area contributed by atoms with Crippen LogP contribution < -0.4 is 10.0 Å². The molecule has 1 aromatic carbocycles. The van der Waals surface area contributed by atoms with Gasteiger partial charge in [0.05, 0.1) is 5.25 Å². The van der Waals surface area contributed by atoms with Gasteiger partial charge in [0, 0.05) is 11.1 Å². The first-order valence-corrected chi connectivity index (χ1v) is 8.89. The Morgan fingerprint density at radius 2 is 1.90 bits per heavy atom. The average Bonchev–Trinajstić information content (AvgIpc) is 3.29. The van der Waals surface area contributed by atoms with Crippen molar-refractivity contribution >= 4 is 28.1 Å². The maximum atomic E-state index is 12.0. The lowest BCUT2D eigenvalue weighted by Crippen LogP contribution is -2.23. The monoisotopic (exact) mass is 328 g/mol. The summed E-state index contributed by atoms with van der Waals surface area (Å²) in [4.78, 5) is 0. The van der Waals surface area contributed by atoms with E-state index in [1.165, 1.54) is 5.56 Å². The Kier molecular flexibility index (Phi) is 3.50. The van der Waals surface area contributed by atoms with Crippen LogP contribution >= 0.6 is 12.4 Å². The molecule has 1 saturated heterocycles. The van der Waals surface area contributed by atoms with Gasteiger partial charge in [0.25, 0.3) is 0 Å². The van der Waals surface area contributed by atoms with E-state index < -0.39 is 10.0 Å². The van der Waals surface area contributed by atoms with Crippen LogP contribution in [-0.4, -0.2) is 26.8 Å². The highest BCUT2D eigenvalue weighted by molar-refractivity contribution is 7.93. The maximum absolute atomic E-state index is 12.0. The average molecular weight is 329 g/mol. The van der Waals surface area contributed by atoms with Gasteiger partial charge in [-0.2, -0.15) is 0 Å². The Hall–Kier alpha value is -0.780. The zero-order chi connectivity index (χ0) is 14.0. The number of piperidine rings is 1. The van der Waals surface area contributed by atoms with Crippen LogP contribution in [0.3, 0.4) is 0 Å². The van der Waals surface area contributed by atoms with Gasteiger partial charge < -0.3 is 5.32 Å². The van der Waals surface area contributed by atoms with Gasteiger partial charge in [-0.1, -0.05) is 19.1 Å². The Balaban J connectivity index is 0.00000132. The largest absolute Gasteiger partial charge is 0.316 e. The van der Waals surface area contributed by atoms with Gasteiger partial charge in [-0.15, -0.1) is 12.4 Å². The molecule has 116 valence electrons. The molecule has 21 heavy (non-hydrogen) atoms. The Labute approximate surface area is 132 Å². The second kappa shape index (κ2) is 4.86. The van der Waals surface area contributed by atoms with E-state index in [0.29, 0.717) is 17.5 Å². The second-order valence-corrected chi connectivity index (χ2v) is 8.54. The van der Waals surface area contributed by atoms with Gasteiger partial charge in [-0.25, -0.2) is 8.42 Å². The van der Waals surface area contributed by atoms with Crippen molar-refractivity contribution in [3.05, 3.63) is 29.8 Å². The highest BCUT2D eigenvalue weighted by Crippen LogP contribution is 2.61. The molecule has 2 aliphatic carbocycles. The minimum Gasteiger partial charge on any atom is -0.316 e. The summed E-state index contributed by atoms with van der Waals surface area (Å²) in [6.07, 6.45) is 1.59. The van der Waals surface area contributed by atoms with Crippen LogP contribution in [0.2, 0.25) is 0 Å². The third-order valence-electron chi connectivity index (χ3n) is 5.35. The lowest BCUT2D eigenvalue weighted by molar-refractivity contribution is 0.558. The SMILES string of the molecule is CC1(c2cccc(NS(=O)(=O)C3CC3)c2)C2CNCC21.Cl. The summed E-state index contributed by atoms with van der Waals surface area (Å²) in [5.74, 6) is 1.41. The van der Waals surface area contributed by atoms with Gasteiger partial charge in [0.2, 0.25) is 10.0 Å². The van der Waals surface area contributed by atoms with Crippen LogP contribution in [0.15, 0.2) is 24.3 Å². The smallest absolute Gasteiger partial charge is 0.235 e. The highest BCUT2D eigenvalue weighted by Gasteiger charge is 2.63. The normalized spacial score (nSPS) is 34.0. The molecule has 1 aliphatic heterocycles. The summed E-state index contributed by atoms with van der Waals surface area (Å²) >= 11 is 0. The number of fused-ring (bicyclic) bond motifs is 1. The van der Waals surface area contributed by atoms with Gasteiger partial charge >= 0.3 is 0 Å². The number of hydrogen-bond acceptors (Lipinski definition) is 3. The molecule has 6 heteroatoms. The van der Waals surface area contributed by atoms with E-state index in [-0.39, 0.29) is 23.1 Å². The fourth-order valence-electron chi connectivity index (χ4n) is 3.77. The van der Waals surface area contributed by atoms with E-state index in [1.54, 1.807) is 0 Å². The minimum absolute atomic E-state index is 0. The van der Waals surface area contributed by atoms with Crippen LogP contribution in [0.1, 0.15) is 25.3 Å². The van der Waals surface area contributed by atoms with Crippen LogP contribution in [0.4, 0.5) is 5.69 Å². The molecule has 2 atom stereocenters. The van der Waals surface area contributed by atoms with Crippen molar-refractivity contribution in [2.24, 2.45) is 11.8 Å². The fraction of sp³-hybridized carbons (Fsp3) is 0.600. The first-order chi connectivity index (χ1) is 9.52. The number of sulfonamides is 1. The molecular weight excluding hydrogens is 308 g/mol. The van der Waals surface area contributed by atoms with Crippen LogP contribution in [0.25, 0.3) is 0 Å². The summed E-state index contributed by atoms with van der Waals surface area (Å²) in [5, 5.41) is 3.24. The summed E-state index contributed by atoms with van der Waals surface area (Å²) in [7, 11) is -3.16. The molecule has 0 aromatic heterocycles. The first kappa shape index (κ1) is 15.1. The predicted molar refractivity (Wildman–Crippen MR) is 86.5 cm³/mol. The van der Waals surface area contributed by atoms with Crippen LogP contribution in [0, 0.1) is 11.8 Å². The lowest BCUT2D eigenvalue weighted by Gasteiger charge is -2.17. The molecule has 1 aromatic rings. The summed E-state index contributed by atoms with van der Waals surface area (Å²) < 4.78 is 26.8. The van der Waals surface area contributed by atoms with Gasteiger partial charge in [-0.3, -0.25) is 4.72 Å². The van der Waals surface area contributed by atoms with Crippen LogP contribution in [-0.2, 0) is 15.4 Å². The zero-order valence-electron chi connectivity index (χ0n) is 12.0. The highest BCUT2D eigenvalue weighted by atomic mass is 35.5. The molecule has 3 aliphatic rings. The van der Waals surface area contributed by atoms with E-state index in [4.69, 9.17) is 0 Å². The Bertz CT molecular complexity index is 647. The van der Waals surface area contributed by atoms with Crippen LogP contribution in [0.5, 0.6) is 0 Å². The molecule has 0 bridgehead atoms. The molecule has 4 nitrogen and oxygen atoms in total. The third-order valence-corrected chi connectivity index (χ3v) is 7.22. The molecule has 3 fully saturated rings. The van der Waals surface area contributed by atoms with Gasteiger partial charge in [0.15, 0.2) is 0 Å². The van der Waals surface area contributed by atoms with Crippen molar-refractivity contribution in [3.63, 3.8) is 0 Å². The molecule has 0 radical (unpaired) electrons. The number of anilines is 1. The van der Waals surface area contributed by atoms with Crippen molar-refractivity contribution in [3.8, 4) is 0 Å². The number of hydrogen-bond donors (Lipinski definition) is 2. The number of rotatable bonds is 4. The molecule has 0 spiro atoms. The van der Waals surface area contributed by atoms with E-state index in [9.17, 15) is 8.42 Å². The zero-order valence-corrected chi connectivity index (χ0v) is 13.6. The maximum Gasteiger partial charge on any atom is 0.235 e. The number of halogens is 1.